The highest BCUT2D eigenvalue weighted by molar-refractivity contribution is 5.34. The van der Waals surface area contributed by atoms with Crippen LogP contribution in [0.25, 0.3) is 0 Å². The second kappa shape index (κ2) is 8.09. The van der Waals surface area contributed by atoms with Crippen LogP contribution in [0.4, 0.5) is 0 Å². The maximum Gasteiger partial charge on any atom is 0.120 e. The minimum Gasteiger partial charge on any atom is -0.508 e. The van der Waals surface area contributed by atoms with Gasteiger partial charge in [0.2, 0.25) is 0 Å². The third-order valence-electron chi connectivity index (χ3n) is 2.73. The van der Waals surface area contributed by atoms with Crippen LogP contribution >= 0.6 is 0 Å². The van der Waals surface area contributed by atoms with Crippen molar-refractivity contribution in [3.63, 3.8) is 0 Å². The van der Waals surface area contributed by atoms with Gasteiger partial charge in [0.15, 0.2) is 0 Å². The molecule has 0 aliphatic carbocycles. The summed E-state index contributed by atoms with van der Waals surface area (Å²) in [6, 6.07) is 7.74. The molecule has 0 saturated heterocycles. The van der Waals surface area contributed by atoms with E-state index in [-0.39, 0.29) is 6.04 Å². The summed E-state index contributed by atoms with van der Waals surface area (Å²) in [5.41, 5.74) is 0.976. The molecule has 0 spiro atoms. The van der Waals surface area contributed by atoms with Gasteiger partial charge in [-0.25, -0.2) is 0 Å². The molecule has 3 N–H and O–H groups in total. The van der Waals surface area contributed by atoms with Crippen LogP contribution in [0.15, 0.2) is 24.3 Å². The first-order valence-electron chi connectivity index (χ1n) is 6.51. The van der Waals surface area contributed by atoms with E-state index in [9.17, 15) is 5.11 Å². The summed E-state index contributed by atoms with van der Waals surface area (Å²) < 4.78 is 0. The van der Waals surface area contributed by atoms with Crippen molar-refractivity contribution in [2.45, 2.75) is 32.7 Å². The van der Waals surface area contributed by atoms with Crippen LogP contribution in [-0.4, -0.2) is 24.7 Å². The van der Waals surface area contributed by atoms with E-state index in [1.165, 1.54) is 0 Å². The van der Waals surface area contributed by atoms with Gasteiger partial charge in [-0.3, -0.25) is 0 Å². The average molecular weight is 236 g/mol. The first kappa shape index (κ1) is 14.0. The fourth-order valence-corrected chi connectivity index (χ4v) is 1.82. The summed E-state index contributed by atoms with van der Waals surface area (Å²) >= 11 is 0. The highest BCUT2D eigenvalue weighted by Crippen LogP contribution is 2.23. The molecule has 3 heteroatoms. The van der Waals surface area contributed by atoms with Crippen LogP contribution < -0.4 is 10.6 Å². The van der Waals surface area contributed by atoms with E-state index in [2.05, 4.69) is 24.5 Å². The van der Waals surface area contributed by atoms with Gasteiger partial charge in [0.25, 0.3) is 0 Å². The number of benzene rings is 1. The van der Waals surface area contributed by atoms with Crippen LogP contribution in [0.1, 0.15) is 38.3 Å². The zero-order chi connectivity index (χ0) is 12.5. The molecule has 1 aromatic rings. The Kier molecular flexibility index (Phi) is 6.67. The van der Waals surface area contributed by atoms with Crippen molar-refractivity contribution >= 4 is 0 Å². The number of nitrogens with one attached hydrogen (secondary N) is 2. The summed E-state index contributed by atoms with van der Waals surface area (Å²) in [6.07, 6.45) is 2.22. The second-order valence-corrected chi connectivity index (χ2v) is 4.27. The third kappa shape index (κ3) is 4.75. The molecule has 0 aromatic heterocycles. The largest absolute Gasteiger partial charge is 0.508 e. The monoisotopic (exact) mass is 236 g/mol. The molecule has 3 nitrogen and oxygen atoms in total. The third-order valence-corrected chi connectivity index (χ3v) is 2.73. The molecule has 1 rings (SSSR count). The Morgan fingerprint density at radius 3 is 2.47 bits per heavy atom. The minimum absolute atomic E-state index is 0.183. The Morgan fingerprint density at radius 1 is 1.12 bits per heavy atom. The molecule has 1 atom stereocenters. The summed E-state index contributed by atoms with van der Waals surface area (Å²) in [7, 11) is 0. The number of hydrogen-bond donors (Lipinski definition) is 3. The molecule has 0 fully saturated rings. The lowest BCUT2D eigenvalue weighted by Gasteiger charge is -2.20. The SMILES string of the molecule is CCCNCC(NCCC)c1ccccc1O. The van der Waals surface area contributed by atoms with Gasteiger partial charge >= 0.3 is 0 Å². The molecular weight excluding hydrogens is 212 g/mol. The Hall–Kier alpha value is -1.06. The normalized spacial score (nSPS) is 12.6. The standard InChI is InChI=1S/C14H24N2O/c1-3-9-15-11-13(16-10-4-2)12-7-5-6-8-14(12)17/h5-8,13,15-17H,3-4,9-11H2,1-2H3. The maximum atomic E-state index is 9.87. The first-order valence-corrected chi connectivity index (χ1v) is 6.51. The van der Waals surface area contributed by atoms with Crippen molar-refractivity contribution in [2.75, 3.05) is 19.6 Å². The van der Waals surface area contributed by atoms with E-state index < -0.39 is 0 Å². The Bertz CT molecular complexity index is 315. The molecule has 0 aliphatic heterocycles. The van der Waals surface area contributed by atoms with E-state index >= 15 is 0 Å². The molecule has 17 heavy (non-hydrogen) atoms. The lowest BCUT2D eigenvalue weighted by molar-refractivity contribution is 0.434. The molecule has 0 radical (unpaired) electrons. The van der Waals surface area contributed by atoms with Crippen molar-refractivity contribution in [3.8, 4) is 5.75 Å². The molecule has 0 aliphatic rings. The zero-order valence-electron chi connectivity index (χ0n) is 10.9. The maximum absolute atomic E-state index is 9.87. The fourth-order valence-electron chi connectivity index (χ4n) is 1.82. The lowest BCUT2D eigenvalue weighted by Crippen LogP contribution is -2.32. The Morgan fingerprint density at radius 2 is 1.82 bits per heavy atom. The van der Waals surface area contributed by atoms with Gasteiger partial charge < -0.3 is 15.7 Å². The Labute approximate surface area is 104 Å². The number of phenolic OH excluding ortho intramolecular Hbond substituents is 1. The topological polar surface area (TPSA) is 44.3 Å². The molecule has 0 bridgehead atoms. The van der Waals surface area contributed by atoms with Crippen LogP contribution in [0.3, 0.4) is 0 Å². The highest BCUT2D eigenvalue weighted by atomic mass is 16.3. The average Bonchev–Trinajstić information content (AvgIpc) is 2.35. The van der Waals surface area contributed by atoms with Gasteiger partial charge in [-0.05, 0) is 32.0 Å². The van der Waals surface area contributed by atoms with E-state index in [0.29, 0.717) is 5.75 Å². The van der Waals surface area contributed by atoms with Crippen molar-refractivity contribution < 1.29 is 5.11 Å². The predicted molar refractivity (Wildman–Crippen MR) is 72.3 cm³/mol. The van der Waals surface area contributed by atoms with Crippen molar-refractivity contribution in [1.82, 2.24) is 10.6 Å². The zero-order valence-corrected chi connectivity index (χ0v) is 10.9. The Balaban J connectivity index is 2.64. The molecule has 0 amide bonds. The van der Waals surface area contributed by atoms with E-state index in [0.717, 1.165) is 38.0 Å². The summed E-state index contributed by atoms with van der Waals surface area (Å²) in [5, 5.41) is 16.7. The van der Waals surface area contributed by atoms with Crippen molar-refractivity contribution in [2.24, 2.45) is 0 Å². The van der Waals surface area contributed by atoms with Gasteiger partial charge in [0.05, 0.1) is 0 Å². The van der Waals surface area contributed by atoms with Crippen LogP contribution in [0, 0.1) is 0 Å². The van der Waals surface area contributed by atoms with E-state index in [1.807, 2.05) is 18.2 Å². The van der Waals surface area contributed by atoms with Gasteiger partial charge in [-0.2, -0.15) is 0 Å². The van der Waals surface area contributed by atoms with Gasteiger partial charge in [0.1, 0.15) is 5.75 Å². The van der Waals surface area contributed by atoms with Gasteiger partial charge in [-0.1, -0.05) is 32.0 Å². The fraction of sp³-hybridized carbons (Fsp3) is 0.571. The van der Waals surface area contributed by atoms with Gasteiger partial charge in [-0.15, -0.1) is 0 Å². The summed E-state index contributed by atoms with van der Waals surface area (Å²) in [6.45, 7) is 7.13. The quantitative estimate of drug-likeness (QED) is 0.607. The molecule has 1 aromatic carbocycles. The van der Waals surface area contributed by atoms with Crippen LogP contribution in [-0.2, 0) is 0 Å². The van der Waals surface area contributed by atoms with Crippen molar-refractivity contribution in [3.05, 3.63) is 29.8 Å². The van der Waals surface area contributed by atoms with E-state index in [4.69, 9.17) is 0 Å². The molecule has 0 saturated carbocycles. The number of hydrogen-bond acceptors (Lipinski definition) is 3. The highest BCUT2D eigenvalue weighted by Gasteiger charge is 2.13. The summed E-state index contributed by atoms with van der Waals surface area (Å²) in [5.74, 6) is 0.374. The summed E-state index contributed by atoms with van der Waals surface area (Å²) in [4.78, 5) is 0. The van der Waals surface area contributed by atoms with Gasteiger partial charge in [0, 0.05) is 18.2 Å². The van der Waals surface area contributed by atoms with Crippen LogP contribution in [0.5, 0.6) is 5.75 Å². The van der Waals surface area contributed by atoms with Crippen LogP contribution in [0.2, 0.25) is 0 Å². The predicted octanol–water partition coefficient (Wildman–Crippen LogP) is 2.43. The molecule has 96 valence electrons. The number of phenols is 1. The molecular formula is C14H24N2O. The smallest absolute Gasteiger partial charge is 0.120 e. The second-order valence-electron chi connectivity index (χ2n) is 4.27. The van der Waals surface area contributed by atoms with Crippen molar-refractivity contribution in [1.29, 1.82) is 0 Å². The molecule has 0 heterocycles. The minimum atomic E-state index is 0.183. The molecule has 1 unspecified atom stereocenters. The first-order chi connectivity index (χ1) is 8.29. The number of rotatable bonds is 8. The van der Waals surface area contributed by atoms with E-state index in [1.54, 1.807) is 6.07 Å². The number of aromatic hydroxyl groups is 1. The lowest BCUT2D eigenvalue weighted by atomic mass is 10.1. The number of para-hydroxylation sites is 1.